The van der Waals surface area contributed by atoms with E-state index in [4.69, 9.17) is 9.72 Å². The molecule has 1 saturated heterocycles. The van der Waals surface area contributed by atoms with E-state index in [-0.39, 0.29) is 5.91 Å². The highest BCUT2D eigenvalue weighted by molar-refractivity contribution is 5.98. The molecule has 32 heavy (non-hydrogen) atoms. The topological polar surface area (TPSA) is 59.4 Å². The highest BCUT2D eigenvalue weighted by atomic mass is 16.5. The van der Waals surface area contributed by atoms with Crippen molar-refractivity contribution in [3.8, 4) is 0 Å². The van der Waals surface area contributed by atoms with Crippen LogP contribution in [0.1, 0.15) is 22.6 Å². The number of hydrogen-bond acceptors (Lipinski definition) is 4. The van der Waals surface area contributed by atoms with E-state index >= 15 is 0 Å². The van der Waals surface area contributed by atoms with Crippen LogP contribution in [0.4, 0.5) is 0 Å². The maximum atomic E-state index is 13.1. The number of benzene rings is 2. The summed E-state index contributed by atoms with van der Waals surface area (Å²) in [7, 11) is 0. The third kappa shape index (κ3) is 4.52. The number of carbonyl (C=O) groups is 1. The number of morpholine rings is 1. The first-order valence-corrected chi connectivity index (χ1v) is 11.3. The molecule has 164 valence electrons. The van der Waals surface area contributed by atoms with Gasteiger partial charge in [0, 0.05) is 35.9 Å². The number of pyridine rings is 1. The summed E-state index contributed by atoms with van der Waals surface area (Å²) in [6.45, 7) is 5.74. The minimum absolute atomic E-state index is 0.0380. The Morgan fingerprint density at radius 3 is 2.62 bits per heavy atom. The van der Waals surface area contributed by atoms with Gasteiger partial charge in [0.25, 0.3) is 5.91 Å². The molecule has 1 N–H and O–H groups in total. The van der Waals surface area contributed by atoms with Gasteiger partial charge in [0.05, 0.1) is 31.0 Å². The minimum atomic E-state index is -0.0380. The van der Waals surface area contributed by atoms with E-state index < -0.39 is 0 Å². The van der Waals surface area contributed by atoms with Gasteiger partial charge in [0.2, 0.25) is 0 Å². The number of ether oxygens (including phenoxy) is 1. The fourth-order valence-corrected chi connectivity index (χ4v) is 4.35. The molecule has 2 aromatic heterocycles. The Hall–Kier alpha value is -3.22. The molecule has 0 bridgehead atoms. The van der Waals surface area contributed by atoms with Gasteiger partial charge >= 0.3 is 0 Å². The summed E-state index contributed by atoms with van der Waals surface area (Å²) >= 11 is 0. The maximum Gasteiger partial charge on any atom is 0.267 e. The van der Waals surface area contributed by atoms with Crippen molar-refractivity contribution in [1.29, 1.82) is 0 Å². The summed E-state index contributed by atoms with van der Waals surface area (Å²) in [6, 6.07) is 22.3. The first-order chi connectivity index (χ1) is 15.8. The van der Waals surface area contributed by atoms with Crippen LogP contribution < -0.4 is 5.32 Å². The predicted octanol–water partition coefficient (Wildman–Crippen LogP) is 3.69. The van der Waals surface area contributed by atoms with E-state index in [1.807, 2.05) is 42.5 Å². The Morgan fingerprint density at radius 1 is 0.969 bits per heavy atom. The van der Waals surface area contributed by atoms with Gasteiger partial charge in [-0.15, -0.1) is 0 Å². The predicted molar refractivity (Wildman–Crippen MR) is 127 cm³/mol. The number of carbonyl (C=O) groups excluding carboxylic acids is 1. The van der Waals surface area contributed by atoms with Crippen LogP contribution in [-0.2, 0) is 11.3 Å². The third-order valence-electron chi connectivity index (χ3n) is 6.06. The van der Waals surface area contributed by atoms with Gasteiger partial charge in [-0.25, -0.2) is 0 Å². The number of amides is 1. The normalized spacial score (nSPS) is 14.8. The van der Waals surface area contributed by atoms with Crippen LogP contribution in [0, 0.1) is 0 Å². The maximum absolute atomic E-state index is 13.1. The van der Waals surface area contributed by atoms with Crippen molar-refractivity contribution in [2.45, 2.75) is 13.0 Å². The molecule has 3 heterocycles. The zero-order valence-corrected chi connectivity index (χ0v) is 18.2. The first-order valence-electron chi connectivity index (χ1n) is 11.3. The molecule has 0 unspecified atom stereocenters. The second kappa shape index (κ2) is 9.51. The van der Waals surface area contributed by atoms with Crippen LogP contribution in [0.3, 0.4) is 0 Å². The lowest BCUT2D eigenvalue weighted by molar-refractivity contribution is 0.0374. The van der Waals surface area contributed by atoms with E-state index in [9.17, 15) is 4.79 Å². The lowest BCUT2D eigenvalue weighted by atomic mass is 10.2. The highest BCUT2D eigenvalue weighted by Gasteiger charge is 2.16. The van der Waals surface area contributed by atoms with Gasteiger partial charge in [-0.2, -0.15) is 0 Å². The zero-order valence-electron chi connectivity index (χ0n) is 18.2. The standard InChI is InChI=1S/C26H28N4O2/c31-26(27-12-5-13-29-14-16-32-17-15-29)25-18-21-7-2-4-9-24(21)30(25)19-22-11-10-20-6-1-3-8-23(20)28-22/h1-4,6-11,18H,5,12-17,19H2,(H,27,31). The molecule has 6 heteroatoms. The quantitative estimate of drug-likeness (QED) is 0.456. The Bertz CT molecular complexity index is 1230. The van der Waals surface area contributed by atoms with Gasteiger partial charge in [-0.1, -0.05) is 42.5 Å². The summed E-state index contributed by atoms with van der Waals surface area (Å²) in [4.78, 5) is 20.3. The Kier molecular flexibility index (Phi) is 6.14. The molecule has 1 fully saturated rings. The second-order valence-electron chi connectivity index (χ2n) is 8.23. The lowest BCUT2D eigenvalue weighted by Crippen LogP contribution is -2.38. The van der Waals surface area contributed by atoms with Crippen molar-refractivity contribution in [3.05, 3.63) is 78.1 Å². The van der Waals surface area contributed by atoms with E-state index in [0.717, 1.165) is 66.8 Å². The Labute approximate surface area is 187 Å². The average Bonchev–Trinajstić information content (AvgIpc) is 3.21. The molecule has 6 nitrogen and oxygen atoms in total. The van der Waals surface area contributed by atoms with Crippen LogP contribution in [-0.4, -0.2) is 59.8 Å². The molecule has 1 aliphatic rings. The van der Waals surface area contributed by atoms with Gasteiger partial charge in [-0.3, -0.25) is 14.7 Å². The van der Waals surface area contributed by atoms with E-state index in [1.165, 1.54) is 0 Å². The third-order valence-corrected chi connectivity index (χ3v) is 6.06. The van der Waals surface area contributed by atoms with E-state index in [2.05, 4.69) is 39.0 Å². The van der Waals surface area contributed by atoms with Crippen LogP contribution in [0.5, 0.6) is 0 Å². The molecular weight excluding hydrogens is 400 g/mol. The summed E-state index contributed by atoms with van der Waals surface area (Å²) in [5.41, 5.74) is 3.62. The number of rotatable bonds is 7. The molecule has 4 aromatic rings. The monoisotopic (exact) mass is 428 g/mol. The van der Waals surface area contributed by atoms with Crippen molar-refractivity contribution in [2.75, 3.05) is 39.4 Å². The van der Waals surface area contributed by atoms with Crippen LogP contribution >= 0.6 is 0 Å². The Morgan fingerprint density at radius 2 is 1.75 bits per heavy atom. The average molecular weight is 429 g/mol. The SMILES string of the molecule is O=C(NCCCN1CCOCC1)c1cc2ccccc2n1Cc1ccc2ccccc2n1. The number of para-hydroxylation sites is 2. The fraction of sp³-hybridized carbons (Fsp3) is 0.308. The number of aromatic nitrogens is 2. The van der Waals surface area contributed by atoms with Gasteiger partial charge in [0.15, 0.2) is 0 Å². The number of nitrogens with one attached hydrogen (secondary N) is 1. The molecule has 2 aromatic carbocycles. The molecule has 1 aliphatic heterocycles. The molecule has 1 amide bonds. The number of hydrogen-bond donors (Lipinski definition) is 1. The van der Waals surface area contributed by atoms with Gasteiger partial charge in [0.1, 0.15) is 5.69 Å². The molecule has 0 atom stereocenters. The zero-order chi connectivity index (χ0) is 21.8. The van der Waals surface area contributed by atoms with Gasteiger partial charge in [-0.05, 0) is 37.2 Å². The molecule has 0 saturated carbocycles. The van der Waals surface area contributed by atoms with Crippen LogP contribution in [0.25, 0.3) is 21.8 Å². The molecular formula is C26H28N4O2. The van der Waals surface area contributed by atoms with Crippen LogP contribution in [0.2, 0.25) is 0 Å². The van der Waals surface area contributed by atoms with Gasteiger partial charge < -0.3 is 14.6 Å². The van der Waals surface area contributed by atoms with Crippen molar-refractivity contribution < 1.29 is 9.53 Å². The summed E-state index contributed by atoms with van der Waals surface area (Å²) in [6.07, 6.45) is 0.929. The Balaban J connectivity index is 1.33. The van der Waals surface area contributed by atoms with Crippen LogP contribution in [0.15, 0.2) is 66.7 Å². The smallest absolute Gasteiger partial charge is 0.267 e. The highest BCUT2D eigenvalue weighted by Crippen LogP contribution is 2.22. The lowest BCUT2D eigenvalue weighted by Gasteiger charge is -2.26. The second-order valence-corrected chi connectivity index (χ2v) is 8.23. The minimum Gasteiger partial charge on any atom is -0.379 e. The van der Waals surface area contributed by atoms with E-state index in [0.29, 0.717) is 18.8 Å². The molecule has 5 rings (SSSR count). The summed E-state index contributed by atoms with van der Waals surface area (Å²) in [5, 5.41) is 5.30. The van der Waals surface area contributed by atoms with Crippen molar-refractivity contribution >= 4 is 27.7 Å². The molecule has 0 aliphatic carbocycles. The molecule has 0 radical (unpaired) electrons. The largest absolute Gasteiger partial charge is 0.379 e. The van der Waals surface area contributed by atoms with Crippen molar-refractivity contribution in [2.24, 2.45) is 0 Å². The number of nitrogens with zero attached hydrogens (tertiary/aromatic N) is 3. The summed E-state index contributed by atoms with van der Waals surface area (Å²) < 4.78 is 7.47. The van der Waals surface area contributed by atoms with Crippen molar-refractivity contribution in [1.82, 2.24) is 19.8 Å². The summed E-state index contributed by atoms with van der Waals surface area (Å²) in [5.74, 6) is -0.0380. The van der Waals surface area contributed by atoms with Crippen molar-refractivity contribution in [3.63, 3.8) is 0 Å². The van der Waals surface area contributed by atoms with E-state index in [1.54, 1.807) is 0 Å². The number of fused-ring (bicyclic) bond motifs is 2. The first kappa shape index (κ1) is 20.7. The fourth-order valence-electron chi connectivity index (χ4n) is 4.35. The molecule has 0 spiro atoms.